The molecule has 0 aliphatic heterocycles. The van der Waals surface area contributed by atoms with E-state index in [-0.39, 0.29) is 0 Å². The summed E-state index contributed by atoms with van der Waals surface area (Å²) in [5.41, 5.74) is 2.89. The number of hydrogen-bond acceptors (Lipinski definition) is 2. The van der Waals surface area contributed by atoms with Crippen molar-refractivity contribution < 1.29 is 15.0 Å². The van der Waals surface area contributed by atoms with Crippen LogP contribution in [0.15, 0.2) is 18.2 Å². The highest BCUT2D eigenvalue weighted by Gasteiger charge is 2.16. The van der Waals surface area contributed by atoms with Crippen molar-refractivity contribution in [3.05, 3.63) is 34.9 Å². The van der Waals surface area contributed by atoms with Gasteiger partial charge in [-0.25, -0.2) is 4.79 Å². The normalized spacial score (nSPS) is 12.4. The lowest BCUT2D eigenvalue weighted by molar-refractivity contribution is -0.146. The fraction of sp³-hybridized carbons (Fsp3) is 0.500. The standard InChI is InChI=1S/C14H20O3/c1-3-5-10-7-8-12(13(15)14(16)17)9-11(10)6-4-2/h7-9,13,15H,3-6H2,1-2H3,(H,16,17). The van der Waals surface area contributed by atoms with Gasteiger partial charge < -0.3 is 10.2 Å². The second kappa shape index (κ2) is 6.40. The molecule has 17 heavy (non-hydrogen) atoms. The number of carboxylic acid groups (broad SMARTS) is 1. The molecule has 0 radical (unpaired) electrons. The van der Waals surface area contributed by atoms with Gasteiger partial charge in [0.2, 0.25) is 0 Å². The van der Waals surface area contributed by atoms with Gasteiger partial charge in [0.15, 0.2) is 6.10 Å². The maximum absolute atomic E-state index is 10.7. The summed E-state index contributed by atoms with van der Waals surface area (Å²) >= 11 is 0. The van der Waals surface area contributed by atoms with Crippen molar-refractivity contribution in [2.75, 3.05) is 0 Å². The molecule has 1 rings (SSSR count). The SMILES string of the molecule is CCCc1ccc(C(O)C(=O)O)cc1CCC. The monoisotopic (exact) mass is 236 g/mol. The van der Waals surface area contributed by atoms with Crippen LogP contribution in [-0.2, 0) is 17.6 Å². The number of carboxylic acids is 1. The van der Waals surface area contributed by atoms with Gasteiger partial charge >= 0.3 is 5.97 Å². The Balaban J connectivity index is 3.04. The van der Waals surface area contributed by atoms with Crippen molar-refractivity contribution in [1.29, 1.82) is 0 Å². The number of rotatable bonds is 6. The maximum atomic E-state index is 10.7. The van der Waals surface area contributed by atoms with Gasteiger partial charge in [-0.15, -0.1) is 0 Å². The van der Waals surface area contributed by atoms with Crippen molar-refractivity contribution >= 4 is 5.97 Å². The molecule has 1 aromatic rings. The Morgan fingerprint density at radius 1 is 1.18 bits per heavy atom. The van der Waals surface area contributed by atoms with Crippen molar-refractivity contribution in [2.24, 2.45) is 0 Å². The van der Waals surface area contributed by atoms with E-state index in [4.69, 9.17) is 5.11 Å². The topological polar surface area (TPSA) is 57.5 Å². The zero-order valence-electron chi connectivity index (χ0n) is 10.4. The number of carbonyl (C=O) groups is 1. The van der Waals surface area contributed by atoms with E-state index in [2.05, 4.69) is 13.8 Å². The summed E-state index contributed by atoms with van der Waals surface area (Å²) in [6.45, 7) is 4.21. The average Bonchev–Trinajstić information content (AvgIpc) is 2.31. The minimum Gasteiger partial charge on any atom is -0.479 e. The fourth-order valence-electron chi connectivity index (χ4n) is 1.97. The van der Waals surface area contributed by atoms with E-state index >= 15 is 0 Å². The van der Waals surface area contributed by atoms with E-state index in [0.29, 0.717) is 5.56 Å². The van der Waals surface area contributed by atoms with Gasteiger partial charge in [0.1, 0.15) is 0 Å². The van der Waals surface area contributed by atoms with Crippen molar-refractivity contribution in [1.82, 2.24) is 0 Å². The lowest BCUT2D eigenvalue weighted by atomic mass is 9.95. The Kier molecular flexibility index (Phi) is 5.16. The minimum atomic E-state index is -1.42. The van der Waals surface area contributed by atoms with Gasteiger partial charge in [-0.2, -0.15) is 0 Å². The Morgan fingerprint density at radius 3 is 2.29 bits per heavy atom. The van der Waals surface area contributed by atoms with Crippen molar-refractivity contribution in [3.63, 3.8) is 0 Å². The van der Waals surface area contributed by atoms with E-state index < -0.39 is 12.1 Å². The van der Waals surface area contributed by atoms with Crippen LogP contribution in [-0.4, -0.2) is 16.2 Å². The van der Waals surface area contributed by atoms with Gasteiger partial charge in [-0.3, -0.25) is 0 Å². The Labute approximate surface area is 102 Å². The van der Waals surface area contributed by atoms with Gasteiger partial charge in [-0.1, -0.05) is 44.9 Å². The van der Waals surface area contributed by atoms with Crippen LogP contribution in [0, 0.1) is 0 Å². The Morgan fingerprint density at radius 2 is 1.76 bits per heavy atom. The van der Waals surface area contributed by atoms with E-state index in [1.165, 1.54) is 5.56 Å². The van der Waals surface area contributed by atoms with Crippen LogP contribution in [0.25, 0.3) is 0 Å². The number of aliphatic hydroxyl groups excluding tert-OH is 1. The molecule has 0 fully saturated rings. The summed E-state index contributed by atoms with van der Waals surface area (Å²) in [6, 6.07) is 5.48. The number of aliphatic hydroxyl groups is 1. The van der Waals surface area contributed by atoms with Gasteiger partial charge in [0.25, 0.3) is 0 Å². The molecule has 0 aliphatic rings. The molecule has 1 atom stereocenters. The van der Waals surface area contributed by atoms with Crippen LogP contribution in [0.2, 0.25) is 0 Å². The van der Waals surface area contributed by atoms with Crippen molar-refractivity contribution in [2.45, 2.75) is 45.6 Å². The molecule has 1 aromatic carbocycles. The van der Waals surface area contributed by atoms with Crippen LogP contribution in [0.1, 0.15) is 49.5 Å². The first-order chi connectivity index (χ1) is 8.10. The zero-order chi connectivity index (χ0) is 12.8. The third-order valence-electron chi connectivity index (χ3n) is 2.82. The summed E-state index contributed by atoms with van der Waals surface area (Å²) in [4.78, 5) is 10.7. The Bertz CT molecular complexity index is 385. The number of aryl methyl sites for hydroxylation is 2. The molecule has 0 aromatic heterocycles. The first-order valence-electron chi connectivity index (χ1n) is 6.12. The van der Waals surface area contributed by atoms with E-state index in [1.807, 2.05) is 12.1 Å². The molecular formula is C14H20O3. The highest BCUT2D eigenvalue weighted by molar-refractivity contribution is 5.74. The first-order valence-corrected chi connectivity index (χ1v) is 6.12. The molecule has 0 bridgehead atoms. The molecule has 0 saturated heterocycles. The second-order valence-electron chi connectivity index (χ2n) is 4.27. The smallest absolute Gasteiger partial charge is 0.337 e. The molecule has 0 spiro atoms. The molecule has 0 amide bonds. The zero-order valence-corrected chi connectivity index (χ0v) is 10.4. The lowest BCUT2D eigenvalue weighted by Crippen LogP contribution is -2.11. The molecule has 3 heteroatoms. The van der Waals surface area contributed by atoms with E-state index in [0.717, 1.165) is 31.2 Å². The van der Waals surface area contributed by atoms with Gasteiger partial charge in [0.05, 0.1) is 0 Å². The molecule has 3 nitrogen and oxygen atoms in total. The second-order valence-corrected chi connectivity index (χ2v) is 4.27. The van der Waals surface area contributed by atoms with Crippen molar-refractivity contribution in [3.8, 4) is 0 Å². The predicted octanol–water partition coefficient (Wildman–Crippen LogP) is 2.71. The van der Waals surface area contributed by atoms with E-state index in [1.54, 1.807) is 6.07 Å². The lowest BCUT2D eigenvalue weighted by Gasteiger charge is -2.12. The van der Waals surface area contributed by atoms with Crippen LogP contribution in [0.3, 0.4) is 0 Å². The van der Waals surface area contributed by atoms with Crippen LogP contribution in [0.5, 0.6) is 0 Å². The minimum absolute atomic E-state index is 0.473. The summed E-state index contributed by atoms with van der Waals surface area (Å²) in [7, 11) is 0. The van der Waals surface area contributed by atoms with E-state index in [9.17, 15) is 9.90 Å². The maximum Gasteiger partial charge on any atom is 0.337 e. The highest BCUT2D eigenvalue weighted by atomic mass is 16.4. The molecule has 0 aliphatic carbocycles. The molecule has 0 saturated carbocycles. The largest absolute Gasteiger partial charge is 0.479 e. The van der Waals surface area contributed by atoms with Crippen LogP contribution < -0.4 is 0 Å². The molecule has 94 valence electrons. The average molecular weight is 236 g/mol. The summed E-state index contributed by atoms with van der Waals surface area (Å²) in [6.07, 6.45) is 2.59. The molecule has 1 unspecified atom stereocenters. The number of aliphatic carboxylic acids is 1. The number of benzene rings is 1. The molecule has 0 heterocycles. The first kappa shape index (κ1) is 13.7. The molecule has 2 N–H and O–H groups in total. The third-order valence-corrected chi connectivity index (χ3v) is 2.82. The van der Waals surface area contributed by atoms with Crippen LogP contribution >= 0.6 is 0 Å². The van der Waals surface area contributed by atoms with Crippen LogP contribution in [0.4, 0.5) is 0 Å². The van der Waals surface area contributed by atoms with Gasteiger partial charge in [-0.05, 0) is 29.5 Å². The Hall–Kier alpha value is -1.35. The fourth-order valence-corrected chi connectivity index (χ4v) is 1.97. The summed E-state index contributed by atoms with van der Waals surface area (Å²) < 4.78 is 0. The van der Waals surface area contributed by atoms with Gasteiger partial charge in [0, 0.05) is 0 Å². The molecular weight excluding hydrogens is 216 g/mol. The third kappa shape index (κ3) is 3.56. The number of hydrogen-bond donors (Lipinski definition) is 2. The summed E-state index contributed by atoms with van der Waals surface area (Å²) in [5.74, 6) is -1.20. The summed E-state index contributed by atoms with van der Waals surface area (Å²) in [5, 5.41) is 18.3. The highest BCUT2D eigenvalue weighted by Crippen LogP contribution is 2.20. The predicted molar refractivity (Wildman–Crippen MR) is 67.0 cm³/mol. The quantitative estimate of drug-likeness (QED) is 0.798.